The van der Waals surface area contributed by atoms with Crippen molar-refractivity contribution in [2.24, 2.45) is 0 Å². The van der Waals surface area contributed by atoms with Crippen LogP contribution in [0.25, 0.3) is 39.1 Å². The van der Waals surface area contributed by atoms with Crippen molar-refractivity contribution in [3.8, 4) is 22.4 Å². The van der Waals surface area contributed by atoms with Gasteiger partial charge in [-0.2, -0.15) is 5.10 Å². The van der Waals surface area contributed by atoms with Crippen LogP contribution in [-0.4, -0.2) is 25.1 Å². The van der Waals surface area contributed by atoms with E-state index in [4.69, 9.17) is 4.98 Å². The Morgan fingerprint density at radius 2 is 1.79 bits per heavy atom. The number of rotatable bonds is 5. The highest BCUT2D eigenvalue weighted by atomic mass is 19.1. The molecule has 4 aromatic heterocycles. The molecular weight excluding hydrogens is 415 g/mol. The summed E-state index contributed by atoms with van der Waals surface area (Å²) in [5.41, 5.74) is 8.69. The number of H-pyrrole nitrogens is 1. The van der Waals surface area contributed by atoms with Gasteiger partial charge in [-0.3, -0.25) is 15.1 Å². The van der Waals surface area contributed by atoms with Crippen LogP contribution in [0.1, 0.15) is 16.8 Å². The first-order valence-electron chi connectivity index (χ1n) is 10.4. The second-order valence-electron chi connectivity index (χ2n) is 7.88. The Morgan fingerprint density at radius 3 is 2.58 bits per heavy atom. The number of aromatic nitrogens is 5. The topological polar surface area (TPSA) is 79.4 Å². The molecule has 6 nitrogen and oxygen atoms in total. The molecule has 0 saturated heterocycles. The fourth-order valence-electron chi connectivity index (χ4n) is 3.85. The van der Waals surface area contributed by atoms with Gasteiger partial charge in [0.15, 0.2) is 0 Å². The Bertz CT molecular complexity index is 1470. The molecule has 33 heavy (non-hydrogen) atoms. The Hall–Kier alpha value is -4.39. The molecule has 0 saturated carbocycles. The van der Waals surface area contributed by atoms with Crippen LogP contribution in [-0.2, 0) is 0 Å². The van der Waals surface area contributed by atoms with Crippen molar-refractivity contribution in [2.75, 3.05) is 5.32 Å². The average molecular weight is 436 g/mol. The SMILES string of the molecule is C=C(Nc1cncc(-c2cc(C)cc(F)c2)c1C)c1n[nH]c2ccc(-c3ccncc3)nc12. The molecule has 0 aliphatic rings. The van der Waals surface area contributed by atoms with Gasteiger partial charge in [0.1, 0.15) is 17.0 Å². The molecule has 7 heteroatoms. The molecular formula is C26H21FN6. The molecule has 162 valence electrons. The molecule has 0 fully saturated rings. The molecule has 2 N–H and O–H groups in total. The number of halogens is 1. The lowest BCUT2D eigenvalue weighted by Gasteiger charge is -2.14. The van der Waals surface area contributed by atoms with Crippen molar-refractivity contribution in [1.29, 1.82) is 0 Å². The summed E-state index contributed by atoms with van der Waals surface area (Å²) in [4.78, 5) is 13.2. The van der Waals surface area contributed by atoms with Crippen LogP contribution >= 0.6 is 0 Å². The van der Waals surface area contributed by atoms with Crippen LogP contribution in [0, 0.1) is 19.7 Å². The zero-order valence-corrected chi connectivity index (χ0v) is 18.2. The number of aromatic amines is 1. The van der Waals surface area contributed by atoms with Crippen LogP contribution in [0.15, 0.2) is 73.8 Å². The summed E-state index contributed by atoms with van der Waals surface area (Å²) in [5.74, 6) is -0.272. The van der Waals surface area contributed by atoms with Gasteiger partial charge in [0.2, 0.25) is 0 Å². The molecule has 0 aliphatic carbocycles. The van der Waals surface area contributed by atoms with Gasteiger partial charge in [-0.15, -0.1) is 0 Å². The van der Waals surface area contributed by atoms with Crippen molar-refractivity contribution in [3.05, 3.63) is 96.5 Å². The summed E-state index contributed by atoms with van der Waals surface area (Å²) in [6, 6.07) is 12.7. The highest BCUT2D eigenvalue weighted by Crippen LogP contribution is 2.31. The number of benzene rings is 1. The van der Waals surface area contributed by atoms with Gasteiger partial charge >= 0.3 is 0 Å². The first-order valence-corrected chi connectivity index (χ1v) is 10.4. The fraction of sp³-hybridized carbons (Fsp3) is 0.0769. The molecule has 0 bridgehead atoms. The molecule has 0 atom stereocenters. The maximum absolute atomic E-state index is 14.0. The third-order valence-electron chi connectivity index (χ3n) is 5.52. The lowest BCUT2D eigenvalue weighted by Crippen LogP contribution is -2.02. The highest BCUT2D eigenvalue weighted by Gasteiger charge is 2.15. The number of fused-ring (bicyclic) bond motifs is 1. The third kappa shape index (κ3) is 3.96. The van der Waals surface area contributed by atoms with Gasteiger partial charge in [-0.25, -0.2) is 9.37 Å². The van der Waals surface area contributed by atoms with E-state index in [1.165, 1.54) is 12.1 Å². The van der Waals surface area contributed by atoms with Crippen molar-refractivity contribution in [1.82, 2.24) is 25.1 Å². The zero-order valence-electron chi connectivity index (χ0n) is 18.2. The van der Waals surface area contributed by atoms with E-state index < -0.39 is 0 Å². The summed E-state index contributed by atoms with van der Waals surface area (Å²) in [7, 11) is 0. The average Bonchev–Trinajstić information content (AvgIpc) is 3.24. The van der Waals surface area contributed by atoms with Crippen molar-refractivity contribution in [2.45, 2.75) is 13.8 Å². The second kappa shape index (κ2) is 8.27. The number of hydrogen-bond acceptors (Lipinski definition) is 5. The number of hydrogen-bond donors (Lipinski definition) is 2. The standard InChI is InChI=1S/C26H21FN6/c1-15-10-19(12-20(27)11-15)21-13-29-14-24(16(21)2)30-17(3)25-26-23(32-33-25)5-4-22(31-26)18-6-8-28-9-7-18/h4-14,30H,3H2,1-2H3,(H,32,33). The molecule has 0 unspecified atom stereocenters. The number of pyridine rings is 3. The number of aryl methyl sites for hydroxylation is 1. The van der Waals surface area contributed by atoms with E-state index in [-0.39, 0.29) is 5.82 Å². The lowest BCUT2D eigenvalue weighted by molar-refractivity contribution is 0.627. The summed E-state index contributed by atoms with van der Waals surface area (Å²) in [5, 5.41) is 10.8. The number of nitrogens with one attached hydrogen (secondary N) is 2. The van der Waals surface area contributed by atoms with Gasteiger partial charge in [0.25, 0.3) is 0 Å². The number of nitrogens with zero attached hydrogens (tertiary/aromatic N) is 4. The quantitative estimate of drug-likeness (QED) is 0.357. The minimum Gasteiger partial charge on any atom is -0.353 e. The summed E-state index contributed by atoms with van der Waals surface area (Å²) in [6.07, 6.45) is 6.94. The summed E-state index contributed by atoms with van der Waals surface area (Å²) < 4.78 is 14.0. The van der Waals surface area contributed by atoms with Crippen LogP contribution < -0.4 is 5.32 Å². The van der Waals surface area contributed by atoms with Crippen molar-refractivity contribution >= 4 is 22.4 Å². The Balaban J connectivity index is 1.49. The maximum atomic E-state index is 14.0. The van der Waals surface area contributed by atoms with Crippen LogP contribution in [0.3, 0.4) is 0 Å². The van der Waals surface area contributed by atoms with Gasteiger partial charge in [0.05, 0.1) is 28.8 Å². The van der Waals surface area contributed by atoms with Crippen molar-refractivity contribution in [3.63, 3.8) is 0 Å². The predicted octanol–water partition coefficient (Wildman–Crippen LogP) is 5.92. The third-order valence-corrected chi connectivity index (χ3v) is 5.52. The molecule has 4 heterocycles. The first-order chi connectivity index (χ1) is 16.0. The molecule has 5 rings (SSSR count). The van der Waals surface area contributed by atoms with E-state index in [0.29, 0.717) is 16.9 Å². The van der Waals surface area contributed by atoms with Crippen LogP contribution in [0.2, 0.25) is 0 Å². The van der Waals surface area contributed by atoms with E-state index in [0.717, 1.165) is 44.7 Å². The Morgan fingerprint density at radius 1 is 0.970 bits per heavy atom. The van der Waals surface area contributed by atoms with E-state index >= 15 is 0 Å². The van der Waals surface area contributed by atoms with Gasteiger partial charge in [-0.1, -0.05) is 12.6 Å². The molecule has 0 spiro atoms. The molecule has 0 radical (unpaired) electrons. The monoisotopic (exact) mass is 436 g/mol. The second-order valence-corrected chi connectivity index (χ2v) is 7.88. The molecule has 0 amide bonds. The summed E-state index contributed by atoms with van der Waals surface area (Å²) in [6.45, 7) is 8.02. The molecule has 1 aromatic carbocycles. The highest BCUT2D eigenvalue weighted by molar-refractivity contribution is 5.91. The molecule has 5 aromatic rings. The van der Waals surface area contributed by atoms with Crippen molar-refractivity contribution < 1.29 is 4.39 Å². The van der Waals surface area contributed by atoms with E-state index in [1.807, 2.05) is 44.2 Å². The minimum absolute atomic E-state index is 0.272. The Kier molecular flexibility index (Phi) is 5.14. The van der Waals surface area contributed by atoms with E-state index in [1.54, 1.807) is 24.8 Å². The van der Waals surface area contributed by atoms with Gasteiger partial charge < -0.3 is 5.32 Å². The molecule has 0 aliphatic heterocycles. The summed E-state index contributed by atoms with van der Waals surface area (Å²) >= 11 is 0. The first kappa shape index (κ1) is 20.5. The predicted molar refractivity (Wildman–Crippen MR) is 129 cm³/mol. The minimum atomic E-state index is -0.272. The Labute approximate surface area is 190 Å². The number of anilines is 1. The normalized spacial score (nSPS) is 11.0. The van der Waals surface area contributed by atoms with Gasteiger partial charge in [0, 0.05) is 29.7 Å². The van der Waals surface area contributed by atoms with Crippen LogP contribution in [0.5, 0.6) is 0 Å². The van der Waals surface area contributed by atoms with Gasteiger partial charge in [-0.05, 0) is 66.9 Å². The zero-order chi connectivity index (χ0) is 22.9. The van der Waals surface area contributed by atoms with Crippen LogP contribution in [0.4, 0.5) is 10.1 Å². The van der Waals surface area contributed by atoms with E-state index in [2.05, 4.69) is 32.1 Å². The fourth-order valence-corrected chi connectivity index (χ4v) is 3.85. The smallest absolute Gasteiger partial charge is 0.134 e. The lowest BCUT2D eigenvalue weighted by atomic mass is 10.00. The van der Waals surface area contributed by atoms with E-state index in [9.17, 15) is 4.39 Å². The maximum Gasteiger partial charge on any atom is 0.134 e. The largest absolute Gasteiger partial charge is 0.353 e.